The molecule has 1 fully saturated rings. The molecule has 192 valence electrons. The van der Waals surface area contributed by atoms with Crippen LogP contribution >= 0.6 is 0 Å². The van der Waals surface area contributed by atoms with Gasteiger partial charge in [-0.25, -0.2) is 9.59 Å². The fourth-order valence-corrected chi connectivity index (χ4v) is 5.47. The van der Waals surface area contributed by atoms with Crippen molar-refractivity contribution in [3.63, 3.8) is 0 Å². The Hall–Kier alpha value is -4.07. The second-order valence-electron chi connectivity index (χ2n) is 10.2. The molecular formula is C29H31N3O5. The zero-order valence-electron chi connectivity index (χ0n) is 20.8. The molecule has 4 N–H and O–H groups in total. The number of rotatable bonds is 6. The van der Waals surface area contributed by atoms with Crippen molar-refractivity contribution in [1.29, 1.82) is 0 Å². The summed E-state index contributed by atoms with van der Waals surface area (Å²) in [4.78, 5) is 38.7. The quantitative estimate of drug-likeness (QED) is 0.352. The van der Waals surface area contributed by atoms with Crippen molar-refractivity contribution in [2.24, 2.45) is 5.41 Å². The molecule has 2 aliphatic rings. The summed E-state index contributed by atoms with van der Waals surface area (Å²) < 4.78 is 5.52. The van der Waals surface area contributed by atoms with E-state index in [-0.39, 0.29) is 5.56 Å². The van der Waals surface area contributed by atoms with Gasteiger partial charge in [0.05, 0.1) is 17.9 Å². The van der Waals surface area contributed by atoms with Crippen LogP contribution in [0.1, 0.15) is 54.9 Å². The second kappa shape index (κ2) is 10.1. The fourth-order valence-electron chi connectivity index (χ4n) is 5.47. The van der Waals surface area contributed by atoms with Gasteiger partial charge in [0.1, 0.15) is 11.8 Å². The van der Waals surface area contributed by atoms with Gasteiger partial charge in [-0.1, -0.05) is 50.5 Å². The van der Waals surface area contributed by atoms with E-state index in [1.165, 1.54) is 0 Å². The van der Waals surface area contributed by atoms with Crippen molar-refractivity contribution in [2.75, 3.05) is 17.2 Å². The van der Waals surface area contributed by atoms with Gasteiger partial charge in [-0.15, -0.1) is 0 Å². The van der Waals surface area contributed by atoms with Crippen LogP contribution < -0.4 is 20.7 Å². The third kappa shape index (κ3) is 5.23. The molecule has 0 spiro atoms. The number of hydrogen-bond donors (Lipinski definition) is 4. The summed E-state index contributed by atoms with van der Waals surface area (Å²) in [7, 11) is 0. The molecule has 1 heterocycles. The van der Waals surface area contributed by atoms with E-state index in [0.717, 1.165) is 60.6 Å². The average molecular weight is 502 g/mol. The lowest BCUT2D eigenvalue weighted by Crippen LogP contribution is -2.52. The van der Waals surface area contributed by atoms with Crippen molar-refractivity contribution in [2.45, 2.75) is 51.5 Å². The number of carbonyl (C=O) groups is 3. The number of carbonyl (C=O) groups excluding carboxylic acids is 2. The summed E-state index contributed by atoms with van der Waals surface area (Å²) in [6.45, 7) is 2.55. The highest BCUT2D eigenvalue weighted by Gasteiger charge is 2.41. The van der Waals surface area contributed by atoms with Crippen molar-refractivity contribution < 1.29 is 24.2 Å². The molecule has 8 nitrogen and oxygen atoms in total. The van der Waals surface area contributed by atoms with Crippen LogP contribution in [0.4, 0.5) is 16.2 Å². The largest absolute Gasteiger partial charge is 0.493 e. The van der Waals surface area contributed by atoms with Crippen molar-refractivity contribution in [3.05, 3.63) is 65.7 Å². The highest BCUT2D eigenvalue weighted by atomic mass is 16.5. The minimum atomic E-state index is -1.05. The number of amides is 3. The molecule has 0 unspecified atom stereocenters. The van der Waals surface area contributed by atoms with Crippen molar-refractivity contribution in [3.8, 4) is 5.75 Å². The van der Waals surface area contributed by atoms with Gasteiger partial charge in [0.2, 0.25) is 0 Å². The van der Waals surface area contributed by atoms with Gasteiger partial charge >= 0.3 is 12.0 Å². The molecule has 3 aromatic carbocycles. The Kier molecular flexibility index (Phi) is 6.74. The zero-order chi connectivity index (χ0) is 26.0. The van der Waals surface area contributed by atoms with Gasteiger partial charge < -0.3 is 25.8 Å². The molecular weight excluding hydrogens is 470 g/mol. The first-order valence-electron chi connectivity index (χ1n) is 12.7. The van der Waals surface area contributed by atoms with Gasteiger partial charge in [-0.2, -0.15) is 0 Å². The maximum absolute atomic E-state index is 13.5. The molecule has 1 aliphatic heterocycles. The third-order valence-electron chi connectivity index (χ3n) is 7.54. The lowest BCUT2D eigenvalue weighted by Gasteiger charge is -2.38. The normalized spacial score (nSPS) is 16.8. The van der Waals surface area contributed by atoms with Crippen LogP contribution in [-0.2, 0) is 11.2 Å². The van der Waals surface area contributed by atoms with Crippen molar-refractivity contribution >= 4 is 40.1 Å². The molecule has 1 saturated carbocycles. The topological polar surface area (TPSA) is 117 Å². The Morgan fingerprint density at radius 1 is 0.946 bits per heavy atom. The SMILES string of the molecule is CC1([C@H](NC(=O)c2cc3ccccc3cc2NC(=O)Nc2ccc3c(c2)CCO3)C(=O)O)CCCCC1. The molecule has 0 saturated heterocycles. The first kappa shape index (κ1) is 24.6. The molecule has 37 heavy (non-hydrogen) atoms. The number of carboxylic acid groups (broad SMARTS) is 1. The molecule has 3 aromatic rings. The van der Waals surface area contributed by atoms with Crippen LogP contribution in [0.2, 0.25) is 0 Å². The zero-order valence-corrected chi connectivity index (χ0v) is 20.8. The molecule has 1 atom stereocenters. The summed E-state index contributed by atoms with van der Waals surface area (Å²) in [5.74, 6) is -0.764. The third-order valence-corrected chi connectivity index (χ3v) is 7.54. The van der Waals surface area contributed by atoms with Crippen LogP contribution in [0.5, 0.6) is 5.75 Å². The molecule has 5 rings (SSSR count). The van der Waals surface area contributed by atoms with Gasteiger partial charge in [-0.05, 0) is 64.9 Å². The van der Waals surface area contributed by atoms with E-state index < -0.39 is 29.4 Å². The Balaban J connectivity index is 1.41. The van der Waals surface area contributed by atoms with E-state index in [9.17, 15) is 19.5 Å². The van der Waals surface area contributed by atoms with E-state index in [4.69, 9.17) is 4.74 Å². The molecule has 8 heteroatoms. The molecule has 0 bridgehead atoms. The Morgan fingerprint density at radius 2 is 1.68 bits per heavy atom. The minimum Gasteiger partial charge on any atom is -0.493 e. The minimum absolute atomic E-state index is 0.210. The standard InChI is InChI=1S/C29H31N3O5/c1-29(12-5-2-6-13-29)25(27(34)35)32-26(33)22-16-18-7-3-4-8-19(18)17-23(22)31-28(36)30-21-9-10-24-20(15-21)11-14-37-24/h3-4,7-10,15-17,25H,2,5-6,11-14H2,1H3,(H,32,33)(H,34,35)(H2,30,31,36)/t25-/m1/s1. The Morgan fingerprint density at radius 3 is 2.41 bits per heavy atom. The maximum atomic E-state index is 13.5. The number of aliphatic carboxylic acids is 1. The summed E-state index contributed by atoms with van der Waals surface area (Å²) >= 11 is 0. The molecule has 0 radical (unpaired) electrons. The monoisotopic (exact) mass is 501 g/mol. The fraction of sp³-hybridized carbons (Fsp3) is 0.345. The number of benzene rings is 3. The van der Waals surface area contributed by atoms with Gasteiger partial charge in [0, 0.05) is 12.1 Å². The average Bonchev–Trinajstić information content (AvgIpc) is 3.35. The number of ether oxygens (including phenoxy) is 1. The van der Waals surface area contributed by atoms with Crippen LogP contribution in [0.15, 0.2) is 54.6 Å². The van der Waals surface area contributed by atoms with E-state index in [1.54, 1.807) is 18.2 Å². The van der Waals surface area contributed by atoms with E-state index in [2.05, 4.69) is 16.0 Å². The molecule has 0 aromatic heterocycles. The van der Waals surface area contributed by atoms with E-state index in [1.807, 2.05) is 43.3 Å². The number of carboxylic acids is 1. The Bertz CT molecular complexity index is 1360. The smallest absolute Gasteiger partial charge is 0.326 e. The summed E-state index contributed by atoms with van der Waals surface area (Å²) in [5, 5.41) is 20.1. The molecule has 3 amide bonds. The number of fused-ring (bicyclic) bond motifs is 2. The Labute approximate surface area is 215 Å². The summed E-state index contributed by atoms with van der Waals surface area (Å²) in [5.41, 5.74) is 1.63. The predicted molar refractivity (Wildman–Crippen MR) is 142 cm³/mol. The number of hydrogen-bond acceptors (Lipinski definition) is 4. The second-order valence-corrected chi connectivity index (χ2v) is 10.2. The predicted octanol–water partition coefficient (Wildman–Crippen LogP) is 5.57. The van der Waals surface area contributed by atoms with E-state index >= 15 is 0 Å². The summed E-state index contributed by atoms with van der Waals surface area (Å²) in [6.07, 6.45) is 5.20. The van der Waals surface area contributed by atoms with Crippen LogP contribution in [0.3, 0.4) is 0 Å². The lowest BCUT2D eigenvalue weighted by molar-refractivity contribution is -0.143. The van der Waals surface area contributed by atoms with E-state index in [0.29, 0.717) is 18.0 Å². The number of anilines is 2. The van der Waals surface area contributed by atoms with Crippen LogP contribution in [0.25, 0.3) is 10.8 Å². The molecule has 1 aliphatic carbocycles. The van der Waals surface area contributed by atoms with Crippen LogP contribution in [-0.4, -0.2) is 35.7 Å². The van der Waals surface area contributed by atoms with Gasteiger partial charge in [0.15, 0.2) is 0 Å². The first-order valence-corrected chi connectivity index (χ1v) is 12.7. The maximum Gasteiger partial charge on any atom is 0.326 e. The summed E-state index contributed by atoms with van der Waals surface area (Å²) in [6, 6.07) is 14.9. The van der Waals surface area contributed by atoms with Gasteiger partial charge in [-0.3, -0.25) is 4.79 Å². The first-order chi connectivity index (χ1) is 17.8. The van der Waals surface area contributed by atoms with Gasteiger partial charge in [0.25, 0.3) is 5.91 Å². The number of urea groups is 1. The van der Waals surface area contributed by atoms with Crippen molar-refractivity contribution in [1.82, 2.24) is 5.32 Å². The lowest BCUT2D eigenvalue weighted by atomic mass is 9.70. The highest BCUT2D eigenvalue weighted by Crippen LogP contribution is 2.39. The highest BCUT2D eigenvalue weighted by molar-refractivity contribution is 6.10. The number of nitrogens with one attached hydrogen (secondary N) is 3. The van der Waals surface area contributed by atoms with Crippen LogP contribution in [0, 0.1) is 5.41 Å².